The highest BCUT2D eigenvalue weighted by Gasteiger charge is 2.26. The molecule has 0 spiro atoms. The summed E-state index contributed by atoms with van der Waals surface area (Å²) < 4.78 is 31.0. The fourth-order valence-corrected chi connectivity index (χ4v) is 2.59. The second-order valence-corrected chi connectivity index (χ2v) is 5.79. The van der Waals surface area contributed by atoms with Gasteiger partial charge in [0.1, 0.15) is 19.1 Å². The monoisotopic (exact) mass is 384 g/mol. The van der Waals surface area contributed by atoms with Crippen molar-refractivity contribution in [3.05, 3.63) is 75.4 Å². The van der Waals surface area contributed by atoms with Crippen LogP contribution in [0, 0.1) is 5.82 Å². The molecule has 0 unspecified atom stereocenters. The van der Waals surface area contributed by atoms with E-state index >= 15 is 0 Å². The average molecular weight is 386 g/mol. The molecule has 0 fully saturated rings. The van der Waals surface area contributed by atoms with Crippen molar-refractivity contribution in [2.24, 2.45) is 0 Å². The molecule has 6 heteroatoms. The Balaban J connectivity index is 1.92. The van der Waals surface area contributed by atoms with Gasteiger partial charge < -0.3 is 14.2 Å². The van der Waals surface area contributed by atoms with E-state index in [1.165, 1.54) is 12.5 Å². The predicted octanol–water partition coefficient (Wildman–Crippen LogP) is 5.34. The highest BCUT2D eigenvalue weighted by Crippen LogP contribution is 2.40. The summed E-state index contributed by atoms with van der Waals surface area (Å²) in [6.07, 6.45) is 2.03. The van der Waals surface area contributed by atoms with Gasteiger partial charge in [-0.2, -0.15) is 0 Å². The summed E-state index contributed by atoms with van der Waals surface area (Å²) in [5, 5.41) is -0.0437. The van der Waals surface area contributed by atoms with Crippen molar-refractivity contribution in [2.45, 2.75) is 12.9 Å². The Hall–Kier alpha value is -1.72. The summed E-state index contributed by atoms with van der Waals surface area (Å²) in [4.78, 5) is 0. The summed E-state index contributed by atoms with van der Waals surface area (Å²) in [5.41, 5.74) is 1.34. The van der Waals surface area contributed by atoms with Gasteiger partial charge in [-0.05, 0) is 27.6 Å². The molecular weight excluding hydrogens is 375 g/mol. The van der Waals surface area contributed by atoms with Gasteiger partial charge in [-0.15, -0.1) is 0 Å². The molecule has 2 aromatic rings. The van der Waals surface area contributed by atoms with Gasteiger partial charge in [0.25, 0.3) is 6.29 Å². The van der Waals surface area contributed by atoms with Gasteiger partial charge in [0.2, 0.25) is 0 Å². The topological polar surface area (TPSA) is 27.7 Å². The summed E-state index contributed by atoms with van der Waals surface area (Å²) in [6, 6.07) is 11.1. The zero-order chi connectivity index (χ0) is 15.5. The highest BCUT2D eigenvalue weighted by atomic mass is 79.9. The van der Waals surface area contributed by atoms with Crippen molar-refractivity contribution in [1.82, 2.24) is 0 Å². The maximum Gasteiger partial charge on any atom is 0.270 e. The quantitative estimate of drug-likeness (QED) is 0.665. The molecule has 0 N–H and O–H groups in total. The van der Waals surface area contributed by atoms with Crippen LogP contribution in [-0.2, 0) is 16.1 Å². The molecule has 114 valence electrons. The maximum absolute atomic E-state index is 14.5. The number of rotatable bonds is 4. The maximum atomic E-state index is 14.5. The average Bonchev–Trinajstić information content (AvgIpc) is 3.07. The predicted molar refractivity (Wildman–Crippen MR) is 83.9 cm³/mol. The van der Waals surface area contributed by atoms with E-state index in [4.69, 9.17) is 25.8 Å². The van der Waals surface area contributed by atoms with E-state index in [2.05, 4.69) is 15.9 Å². The second kappa shape index (κ2) is 6.58. The van der Waals surface area contributed by atoms with E-state index in [9.17, 15) is 4.39 Å². The Kier molecular flexibility index (Phi) is 4.55. The Morgan fingerprint density at radius 2 is 1.86 bits per heavy atom. The van der Waals surface area contributed by atoms with Gasteiger partial charge in [-0.25, -0.2) is 4.39 Å². The lowest BCUT2D eigenvalue weighted by Crippen LogP contribution is -2.06. The Bertz CT molecular complexity index is 698. The van der Waals surface area contributed by atoms with Crippen LogP contribution in [-0.4, -0.2) is 0 Å². The van der Waals surface area contributed by atoms with E-state index in [1.807, 2.05) is 30.3 Å². The lowest BCUT2D eigenvalue weighted by atomic mass is 10.1. The molecule has 0 radical (unpaired) electrons. The van der Waals surface area contributed by atoms with Crippen LogP contribution in [0.1, 0.15) is 17.4 Å². The normalized spacial score (nSPS) is 13.8. The van der Waals surface area contributed by atoms with Crippen LogP contribution in [0.25, 0.3) is 0 Å². The van der Waals surface area contributed by atoms with Crippen LogP contribution >= 0.6 is 27.5 Å². The number of ether oxygens (including phenoxy) is 3. The van der Waals surface area contributed by atoms with E-state index in [0.29, 0.717) is 10.0 Å². The Labute approximate surface area is 140 Å². The fourth-order valence-electron chi connectivity index (χ4n) is 2.03. The zero-order valence-electron chi connectivity index (χ0n) is 11.3. The molecule has 1 aliphatic rings. The lowest BCUT2D eigenvalue weighted by Gasteiger charge is -2.18. The molecule has 0 atom stereocenters. The van der Waals surface area contributed by atoms with Crippen LogP contribution in [0.5, 0.6) is 5.75 Å². The molecule has 0 amide bonds. The second-order valence-electron chi connectivity index (χ2n) is 4.56. The van der Waals surface area contributed by atoms with Gasteiger partial charge in [-0.1, -0.05) is 41.9 Å². The number of benzene rings is 2. The first-order valence-electron chi connectivity index (χ1n) is 6.47. The molecule has 2 aromatic carbocycles. The molecule has 22 heavy (non-hydrogen) atoms. The lowest BCUT2D eigenvalue weighted by molar-refractivity contribution is -0.0270. The first-order chi connectivity index (χ1) is 10.7. The first kappa shape index (κ1) is 15.2. The summed E-state index contributed by atoms with van der Waals surface area (Å²) in [7, 11) is 0. The van der Waals surface area contributed by atoms with Gasteiger partial charge in [-0.3, -0.25) is 0 Å². The highest BCUT2D eigenvalue weighted by molar-refractivity contribution is 9.10. The molecule has 3 rings (SSSR count). The molecular formula is C16H11BrClFO3. The number of hydrogen-bond donors (Lipinski definition) is 0. The first-order valence-corrected chi connectivity index (χ1v) is 7.64. The summed E-state index contributed by atoms with van der Waals surface area (Å²) >= 11 is 9.16. The molecule has 1 aliphatic heterocycles. The van der Waals surface area contributed by atoms with Crippen LogP contribution in [0.15, 0.2) is 53.4 Å². The van der Waals surface area contributed by atoms with Crippen molar-refractivity contribution < 1.29 is 18.6 Å². The van der Waals surface area contributed by atoms with Gasteiger partial charge in [0.15, 0.2) is 11.6 Å². The molecule has 0 saturated heterocycles. The van der Waals surface area contributed by atoms with Crippen LogP contribution in [0.3, 0.4) is 0 Å². The van der Waals surface area contributed by atoms with Crippen molar-refractivity contribution in [2.75, 3.05) is 0 Å². The van der Waals surface area contributed by atoms with Gasteiger partial charge >= 0.3 is 0 Å². The van der Waals surface area contributed by atoms with E-state index < -0.39 is 12.1 Å². The molecule has 0 bridgehead atoms. The third kappa shape index (κ3) is 3.05. The molecule has 3 nitrogen and oxygen atoms in total. The Morgan fingerprint density at radius 3 is 2.55 bits per heavy atom. The fraction of sp³-hybridized carbons (Fsp3) is 0.125. The minimum atomic E-state index is -0.756. The third-order valence-electron chi connectivity index (χ3n) is 3.09. The van der Waals surface area contributed by atoms with Crippen molar-refractivity contribution in [3.63, 3.8) is 0 Å². The minimum Gasteiger partial charge on any atom is -0.485 e. The zero-order valence-corrected chi connectivity index (χ0v) is 13.6. The molecule has 0 saturated carbocycles. The number of halogens is 3. The van der Waals surface area contributed by atoms with Crippen molar-refractivity contribution >= 4 is 27.5 Å². The standard InChI is InChI=1S/C16H11BrClFO3/c17-12-8-11(16-20-6-7-21-16)15(14(19)13(12)18)22-9-10-4-2-1-3-5-10/h1-8,16H,9H2. The van der Waals surface area contributed by atoms with Crippen LogP contribution in [0.4, 0.5) is 4.39 Å². The molecule has 1 heterocycles. The SMILES string of the molecule is Fc1c(Cl)c(Br)cc(C2OC=CO2)c1OCc1ccccc1. The van der Waals surface area contributed by atoms with Gasteiger partial charge in [0.05, 0.1) is 10.6 Å². The van der Waals surface area contributed by atoms with E-state index in [-0.39, 0.29) is 17.4 Å². The van der Waals surface area contributed by atoms with Crippen molar-refractivity contribution in [1.29, 1.82) is 0 Å². The molecule has 0 aromatic heterocycles. The van der Waals surface area contributed by atoms with Crippen molar-refractivity contribution in [3.8, 4) is 5.75 Å². The van der Waals surface area contributed by atoms with E-state index in [1.54, 1.807) is 6.07 Å². The van der Waals surface area contributed by atoms with Gasteiger partial charge in [0, 0.05) is 4.47 Å². The third-order valence-corrected chi connectivity index (χ3v) is 4.31. The van der Waals surface area contributed by atoms with Crippen LogP contribution in [0.2, 0.25) is 5.02 Å². The molecule has 0 aliphatic carbocycles. The van der Waals surface area contributed by atoms with Crippen LogP contribution < -0.4 is 4.74 Å². The summed E-state index contributed by atoms with van der Waals surface area (Å²) in [6.45, 7) is 0.211. The smallest absolute Gasteiger partial charge is 0.270 e. The van der Waals surface area contributed by atoms with E-state index in [0.717, 1.165) is 5.56 Å². The summed E-state index contributed by atoms with van der Waals surface area (Å²) in [5.74, 6) is -0.633. The minimum absolute atomic E-state index is 0.0192. The number of hydrogen-bond acceptors (Lipinski definition) is 3. The largest absolute Gasteiger partial charge is 0.485 e. The Morgan fingerprint density at radius 1 is 1.18 bits per heavy atom.